The number of benzene rings is 2. The van der Waals surface area contributed by atoms with E-state index in [0.29, 0.717) is 6.42 Å². The minimum atomic E-state index is -0.718. The molecule has 0 bridgehead atoms. The third-order valence-corrected chi connectivity index (χ3v) is 5.70. The number of aromatic amines is 1. The van der Waals surface area contributed by atoms with Crippen molar-refractivity contribution in [1.29, 1.82) is 0 Å². The standard InChI is InChI=1S/C24H26N2O3/c1-29-24(28)22(14-19-15-25-21-9-5-4-8-20(19)21)26-23(27)13-16-10-11-17-6-2-3-7-18(17)12-16/h4-5,8-12,15,22,25H,2-3,6-7,13-14H2,1H3,(H,26,27)/t22-/m1/s1. The first-order chi connectivity index (χ1) is 14.1. The zero-order valence-corrected chi connectivity index (χ0v) is 16.7. The number of hydrogen-bond acceptors (Lipinski definition) is 3. The number of methoxy groups -OCH3 is 1. The first kappa shape index (κ1) is 19.2. The molecular formula is C24H26N2O3. The highest BCUT2D eigenvalue weighted by Crippen LogP contribution is 2.23. The lowest BCUT2D eigenvalue weighted by atomic mass is 9.90. The van der Waals surface area contributed by atoms with Gasteiger partial charge in [0.25, 0.3) is 0 Å². The fraction of sp³-hybridized carbons (Fsp3) is 0.333. The van der Waals surface area contributed by atoms with Crippen LogP contribution in [0.5, 0.6) is 0 Å². The summed E-state index contributed by atoms with van der Waals surface area (Å²) in [5.74, 6) is -0.606. The van der Waals surface area contributed by atoms with Crippen LogP contribution in [0.3, 0.4) is 0 Å². The Morgan fingerprint density at radius 3 is 2.72 bits per heavy atom. The van der Waals surface area contributed by atoms with E-state index in [1.807, 2.05) is 36.5 Å². The molecule has 0 saturated heterocycles. The van der Waals surface area contributed by atoms with Gasteiger partial charge in [0.15, 0.2) is 0 Å². The van der Waals surface area contributed by atoms with E-state index in [1.54, 1.807) is 0 Å². The van der Waals surface area contributed by atoms with Crippen molar-refractivity contribution in [2.24, 2.45) is 0 Å². The van der Waals surface area contributed by atoms with E-state index < -0.39 is 12.0 Å². The maximum atomic E-state index is 12.7. The highest BCUT2D eigenvalue weighted by Gasteiger charge is 2.23. The predicted octanol–water partition coefficient (Wildman–Crippen LogP) is 3.49. The van der Waals surface area contributed by atoms with Gasteiger partial charge in [-0.2, -0.15) is 0 Å². The van der Waals surface area contributed by atoms with Crippen molar-refractivity contribution in [2.45, 2.75) is 44.6 Å². The third-order valence-electron chi connectivity index (χ3n) is 5.70. The Balaban J connectivity index is 1.46. The monoisotopic (exact) mass is 390 g/mol. The number of fused-ring (bicyclic) bond motifs is 2. The zero-order valence-electron chi connectivity index (χ0n) is 16.7. The summed E-state index contributed by atoms with van der Waals surface area (Å²) < 4.78 is 4.93. The number of amides is 1. The lowest BCUT2D eigenvalue weighted by Gasteiger charge is -2.18. The van der Waals surface area contributed by atoms with Gasteiger partial charge in [-0.15, -0.1) is 0 Å². The van der Waals surface area contributed by atoms with Crippen molar-refractivity contribution in [1.82, 2.24) is 10.3 Å². The highest BCUT2D eigenvalue weighted by atomic mass is 16.5. The number of ether oxygens (including phenoxy) is 1. The second kappa shape index (κ2) is 8.52. The molecule has 5 heteroatoms. The molecule has 0 aliphatic heterocycles. The number of H-pyrrole nitrogens is 1. The molecule has 4 rings (SSSR count). The summed E-state index contributed by atoms with van der Waals surface area (Å²) in [5, 5.41) is 3.92. The fourth-order valence-corrected chi connectivity index (χ4v) is 4.18. The van der Waals surface area contributed by atoms with Crippen molar-refractivity contribution < 1.29 is 14.3 Å². The molecule has 0 spiro atoms. The molecule has 1 atom stereocenters. The van der Waals surface area contributed by atoms with Crippen molar-refractivity contribution in [3.8, 4) is 0 Å². The van der Waals surface area contributed by atoms with Gasteiger partial charge in [-0.1, -0.05) is 36.4 Å². The van der Waals surface area contributed by atoms with E-state index in [1.165, 1.54) is 31.1 Å². The molecule has 0 radical (unpaired) electrons. The third kappa shape index (κ3) is 4.34. The molecule has 1 heterocycles. The van der Waals surface area contributed by atoms with E-state index in [-0.39, 0.29) is 12.3 Å². The second-order valence-corrected chi connectivity index (χ2v) is 7.69. The molecule has 0 unspecified atom stereocenters. The van der Waals surface area contributed by atoms with Crippen LogP contribution in [0.25, 0.3) is 10.9 Å². The van der Waals surface area contributed by atoms with Gasteiger partial charge in [0.1, 0.15) is 6.04 Å². The largest absolute Gasteiger partial charge is 0.467 e. The minimum absolute atomic E-state index is 0.170. The van der Waals surface area contributed by atoms with Gasteiger partial charge < -0.3 is 15.0 Å². The molecule has 0 saturated carbocycles. The van der Waals surface area contributed by atoms with E-state index in [9.17, 15) is 9.59 Å². The molecular weight excluding hydrogens is 364 g/mol. The summed E-state index contributed by atoms with van der Waals surface area (Å²) in [5.41, 5.74) is 5.72. The Labute approximate surface area is 170 Å². The Hall–Kier alpha value is -3.08. The van der Waals surface area contributed by atoms with Crippen LogP contribution in [0.4, 0.5) is 0 Å². The average Bonchev–Trinajstić information content (AvgIpc) is 3.15. The van der Waals surface area contributed by atoms with Crippen LogP contribution < -0.4 is 5.32 Å². The first-order valence-electron chi connectivity index (χ1n) is 10.2. The van der Waals surface area contributed by atoms with Crippen LogP contribution in [0.2, 0.25) is 0 Å². The molecule has 1 aliphatic carbocycles. The number of rotatable bonds is 6. The number of carbonyl (C=O) groups is 2. The van der Waals surface area contributed by atoms with E-state index in [2.05, 4.69) is 22.4 Å². The summed E-state index contributed by atoms with van der Waals surface area (Å²) in [6.07, 6.45) is 7.17. The molecule has 1 aliphatic rings. The lowest BCUT2D eigenvalue weighted by Crippen LogP contribution is -2.43. The number of nitrogens with one attached hydrogen (secondary N) is 2. The number of aromatic nitrogens is 1. The zero-order chi connectivity index (χ0) is 20.2. The van der Waals surface area contributed by atoms with Crippen molar-refractivity contribution in [2.75, 3.05) is 7.11 Å². The number of carbonyl (C=O) groups excluding carboxylic acids is 2. The van der Waals surface area contributed by atoms with E-state index in [0.717, 1.165) is 34.9 Å². The molecule has 0 fully saturated rings. The number of hydrogen-bond donors (Lipinski definition) is 2. The van der Waals surface area contributed by atoms with Crippen LogP contribution in [0.15, 0.2) is 48.7 Å². The molecule has 2 aromatic carbocycles. The van der Waals surface area contributed by atoms with Crippen molar-refractivity contribution in [3.05, 3.63) is 70.9 Å². The lowest BCUT2D eigenvalue weighted by molar-refractivity contribution is -0.145. The molecule has 1 aromatic heterocycles. The Morgan fingerprint density at radius 2 is 1.90 bits per heavy atom. The summed E-state index contributed by atoms with van der Waals surface area (Å²) in [6.45, 7) is 0. The molecule has 3 aromatic rings. The normalized spacial score (nSPS) is 14.2. The fourth-order valence-electron chi connectivity index (χ4n) is 4.18. The quantitative estimate of drug-likeness (QED) is 0.633. The number of para-hydroxylation sites is 1. The van der Waals surface area contributed by atoms with Gasteiger partial charge in [0, 0.05) is 23.5 Å². The predicted molar refractivity (Wildman–Crippen MR) is 113 cm³/mol. The van der Waals surface area contributed by atoms with Crippen LogP contribution in [-0.2, 0) is 40.0 Å². The average molecular weight is 390 g/mol. The van der Waals surface area contributed by atoms with Gasteiger partial charge in [-0.25, -0.2) is 4.79 Å². The van der Waals surface area contributed by atoms with Crippen LogP contribution in [0, 0.1) is 0 Å². The first-order valence-corrected chi connectivity index (χ1v) is 10.2. The van der Waals surface area contributed by atoms with Crippen LogP contribution >= 0.6 is 0 Å². The summed E-state index contributed by atoms with van der Waals surface area (Å²) >= 11 is 0. The smallest absolute Gasteiger partial charge is 0.328 e. The Bertz CT molecular complexity index is 1040. The van der Waals surface area contributed by atoms with Crippen molar-refractivity contribution in [3.63, 3.8) is 0 Å². The maximum Gasteiger partial charge on any atom is 0.328 e. The number of esters is 1. The Kier molecular flexibility index (Phi) is 5.65. The highest BCUT2D eigenvalue weighted by molar-refractivity contribution is 5.88. The molecule has 150 valence electrons. The van der Waals surface area contributed by atoms with Gasteiger partial charge >= 0.3 is 5.97 Å². The van der Waals surface area contributed by atoms with E-state index in [4.69, 9.17) is 4.74 Å². The topological polar surface area (TPSA) is 71.2 Å². The minimum Gasteiger partial charge on any atom is -0.467 e. The molecule has 2 N–H and O–H groups in total. The van der Waals surface area contributed by atoms with Crippen LogP contribution in [0.1, 0.15) is 35.1 Å². The second-order valence-electron chi connectivity index (χ2n) is 7.69. The summed E-state index contributed by atoms with van der Waals surface area (Å²) in [4.78, 5) is 28.2. The summed E-state index contributed by atoms with van der Waals surface area (Å²) in [7, 11) is 1.35. The van der Waals surface area contributed by atoms with Gasteiger partial charge in [-0.3, -0.25) is 4.79 Å². The summed E-state index contributed by atoms with van der Waals surface area (Å²) in [6, 6.07) is 13.5. The SMILES string of the molecule is COC(=O)[C@@H](Cc1c[nH]c2ccccc12)NC(=O)Cc1ccc2c(c1)CCCC2. The molecule has 29 heavy (non-hydrogen) atoms. The van der Waals surface area contributed by atoms with Gasteiger partial charge in [0.05, 0.1) is 13.5 Å². The van der Waals surface area contributed by atoms with Crippen molar-refractivity contribution >= 4 is 22.8 Å². The molecule has 1 amide bonds. The van der Waals surface area contributed by atoms with Gasteiger partial charge in [0.2, 0.25) is 5.91 Å². The Morgan fingerprint density at radius 1 is 1.10 bits per heavy atom. The van der Waals surface area contributed by atoms with Crippen LogP contribution in [-0.4, -0.2) is 30.0 Å². The number of aryl methyl sites for hydroxylation is 2. The maximum absolute atomic E-state index is 12.7. The van der Waals surface area contributed by atoms with Gasteiger partial charge in [-0.05, 0) is 54.0 Å². The van der Waals surface area contributed by atoms with E-state index >= 15 is 0 Å². The molecule has 5 nitrogen and oxygen atoms in total.